The lowest BCUT2D eigenvalue weighted by Gasteiger charge is -2.22. The molecule has 0 saturated heterocycles. The van der Waals surface area contributed by atoms with E-state index in [1.54, 1.807) is 0 Å². The second kappa shape index (κ2) is 8.21. The summed E-state index contributed by atoms with van der Waals surface area (Å²) in [6.45, 7) is 9.01. The Balaban J connectivity index is 3.13. The van der Waals surface area contributed by atoms with Gasteiger partial charge in [0.15, 0.2) is 0 Å². The largest absolute Gasteiger partial charge is 0.379 e. The standard InChI is InChI=1S/C11H25NO2/c1-4-6-7-13-8-9-14-10-11(3,12)5-2/h4-10,12H2,1-3H3. The van der Waals surface area contributed by atoms with Gasteiger partial charge in [0.2, 0.25) is 0 Å². The van der Waals surface area contributed by atoms with E-state index < -0.39 is 0 Å². The Morgan fingerprint density at radius 1 is 1.07 bits per heavy atom. The molecule has 3 nitrogen and oxygen atoms in total. The van der Waals surface area contributed by atoms with Crippen LogP contribution in [0.4, 0.5) is 0 Å². The molecule has 0 saturated carbocycles. The van der Waals surface area contributed by atoms with Crippen LogP contribution >= 0.6 is 0 Å². The Morgan fingerprint density at radius 2 is 1.71 bits per heavy atom. The molecule has 0 radical (unpaired) electrons. The number of nitrogens with two attached hydrogens (primary N) is 1. The molecular weight excluding hydrogens is 178 g/mol. The molecule has 2 N–H and O–H groups in total. The minimum Gasteiger partial charge on any atom is -0.379 e. The topological polar surface area (TPSA) is 44.5 Å². The Hall–Kier alpha value is -0.120. The molecule has 1 atom stereocenters. The predicted octanol–water partition coefficient (Wildman–Crippen LogP) is 1.95. The van der Waals surface area contributed by atoms with Crippen molar-refractivity contribution in [2.45, 2.75) is 45.6 Å². The first-order valence-corrected chi connectivity index (χ1v) is 5.56. The molecule has 0 aromatic heterocycles. The Labute approximate surface area is 88.0 Å². The van der Waals surface area contributed by atoms with Gasteiger partial charge in [0, 0.05) is 12.1 Å². The van der Waals surface area contributed by atoms with Gasteiger partial charge >= 0.3 is 0 Å². The van der Waals surface area contributed by atoms with Crippen LogP contribution < -0.4 is 5.73 Å². The molecule has 0 aromatic carbocycles. The lowest BCUT2D eigenvalue weighted by atomic mass is 10.0. The van der Waals surface area contributed by atoms with E-state index in [2.05, 4.69) is 13.8 Å². The van der Waals surface area contributed by atoms with Gasteiger partial charge < -0.3 is 15.2 Å². The Morgan fingerprint density at radius 3 is 2.29 bits per heavy atom. The summed E-state index contributed by atoms with van der Waals surface area (Å²) in [5, 5.41) is 0. The molecule has 0 spiro atoms. The van der Waals surface area contributed by atoms with Gasteiger partial charge in [0.25, 0.3) is 0 Å². The van der Waals surface area contributed by atoms with Gasteiger partial charge in [0.05, 0.1) is 19.8 Å². The van der Waals surface area contributed by atoms with Crippen molar-refractivity contribution in [2.24, 2.45) is 5.73 Å². The molecule has 0 aromatic rings. The van der Waals surface area contributed by atoms with Crippen LogP contribution in [0.25, 0.3) is 0 Å². The molecule has 0 rings (SSSR count). The second-order valence-electron chi connectivity index (χ2n) is 4.03. The predicted molar refractivity (Wildman–Crippen MR) is 59.4 cm³/mol. The summed E-state index contributed by atoms with van der Waals surface area (Å²) in [7, 11) is 0. The highest BCUT2D eigenvalue weighted by Gasteiger charge is 2.14. The van der Waals surface area contributed by atoms with Crippen LogP contribution in [0.3, 0.4) is 0 Å². The molecule has 0 aliphatic carbocycles. The smallest absolute Gasteiger partial charge is 0.0701 e. The maximum absolute atomic E-state index is 5.91. The number of hydrogen-bond donors (Lipinski definition) is 1. The quantitative estimate of drug-likeness (QED) is 0.582. The zero-order chi connectivity index (χ0) is 10.9. The monoisotopic (exact) mass is 203 g/mol. The highest BCUT2D eigenvalue weighted by Crippen LogP contribution is 2.04. The summed E-state index contributed by atoms with van der Waals surface area (Å²) >= 11 is 0. The van der Waals surface area contributed by atoms with Gasteiger partial charge in [0.1, 0.15) is 0 Å². The zero-order valence-corrected chi connectivity index (χ0v) is 9.84. The summed E-state index contributed by atoms with van der Waals surface area (Å²) in [6.07, 6.45) is 3.24. The van der Waals surface area contributed by atoms with Gasteiger partial charge in [-0.05, 0) is 19.8 Å². The fourth-order valence-electron chi connectivity index (χ4n) is 0.874. The lowest BCUT2D eigenvalue weighted by molar-refractivity contribution is 0.0285. The van der Waals surface area contributed by atoms with Crippen molar-refractivity contribution in [3.63, 3.8) is 0 Å². The van der Waals surface area contributed by atoms with E-state index in [9.17, 15) is 0 Å². The molecule has 14 heavy (non-hydrogen) atoms. The van der Waals surface area contributed by atoms with Crippen LogP contribution in [0.15, 0.2) is 0 Å². The third kappa shape index (κ3) is 8.48. The highest BCUT2D eigenvalue weighted by atomic mass is 16.5. The lowest BCUT2D eigenvalue weighted by Crippen LogP contribution is -2.40. The first-order chi connectivity index (χ1) is 6.62. The maximum atomic E-state index is 5.91. The average Bonchev–Trinajstić information content (AvgIpc) is 2.16. The van der Waals surface area contributed by atoms with E-state index in [4.69, 9.17) is 15.2 Å². The second-order valence-corrected chi connectivity index (χ2v) is 4.03. The van der Waals surface area contributed by atoms with Gasteiger partial charge in [-0.3, -0.25) is 0 Å². The van der Waals surface area contributed by atoms with Gasteiger partial charge in [-0.2, -0.15) is 0 Å². The van der Waals surface area contributed by atoms with Gasteiger partial charge in [-0.15, -0.1) is 0 Å². The molecule has 0 aliphatic rings. The fourth-order valence-corrected chi connectivity index (χ4v) is 0.874. The van der Waals surface area contributed by atoms with E-state index >= 15 is 0 Å². The summed E-state index contributed by atoms with van der Waals surface area (Å²) in [5.74, 6) is 0. The summed E-state index contributed by atoms with van der Waals surface area (Å²) in [4.78, 5) is 0. The van der Waals surface area contributed by atoms with Crippen LogP contribution in [0, 0.1) is 0 Å². The van der Waals surface area contributed by atoms with Crippen LogP contribution in [0.1, 0.15) is 40.0 Å². The van der Waals surface area contributed by atoms with Crippen molar-refractivity contribution in [2.75, 3.05) is 26.4 Å². The van der Waals surface area contributed by atoms with Crippen LogP contribution in [-0.4, -0.2) is 32.0 Å². The first-order valence-electron chi connectivity index (χ1n) is 5.56. The third-order valence-electron chi connectivity index (χ3n) is 2.25. The Kier molecular flexibility index (Phi) is 8.14. The summed E-state index contributed by atoms with van der Waals surface area (Å²) < 4.78 is 10.8. The van der Waals surface area contributed by atoms with Crippen molar-refractivity contribution < 1.29 is 9.47 Å². The average molecular weight is 203 g/mol. The maximum Gasteiger partial charge on any atom is 0.0701 e. The first kappa shape index (κ1) is 13.9. The van der Waals surface area contributed by atoms with Crippen molar-refractivity contribution in [1.29, 1.82) is 0 Å². The van der Waals surface area contributed by atoms with Crippen LogP contribution in [0.2, 0.25) is 0 Å². The number of ether oxygens (including phenoxy) is 2. The summed E-state index contributed by atoms with van der Waals surface area (Å²) in [6, 6.07) is 0. The molecule has 0 heterocycles. The minimum atomic E-state index is -0.191. The van der Waals surface area contributed by atoms with Crippen molar-refractivity contribution in [1.82, 2.24) is 0 Å². The molecule has 0 amide bonds. The fraction of sp³-hybridized carbons (Fsp3) is 1.00. The summed E-state index contributed by atoms with van der Waals surface area (Å²) in [5.41, 5.74) is 5.72. The normalized spacial score (nSPS) is 15.4. The van der Waals surface area contributed by atoms with Crippen molar-refractivity contribution in [3.05, 3.63) is 0 Å². The van der Waals surface area contributed by atoms with E-state index in [1.807, 2.05) is 6.92 Å². The molecule has 0 bridgehead atoms. The molecule has 0 aliphatic heterocycles. The molecule has 1 unspecified atom stereocenters. The zero-order valence-electron chi connectivity index (χ0n) is 9.84. The highest BCUT2D eigenvalue weighted by molar-refractivity contribution is 4.75. The number of unbranched alkanes of at least 4 members (excludes halogenated alkanes) is 1. The van der Waals surface area contributed by atoms with Gasteiger partial charge in [-0.1, -0.05) is 20.3 Å². The Bertz CT molecular complexity index is 126. The SMILES string of the molecule is CCCCOCCOCC(C)(N)CC. The molecule has 86 valence electrons. The van der Waals surface area contributed by atoms with Gasteiger partial charge in [-0.25, -0.2) is 0 Å². The van der Waals surface area contributed by atoms with Crippen LogP contribution in [0.5, 0.6) is 0 Å². The minimum absolute atomic E-state index is 0.191. The molecular formula is C11H25NO2. The number of rotatable bonds is 9. The van der Waals surface area contributed by atoms with Crippen molar-refractivity contribution in [3.8, 4) is 0 Å². The third-order valence-corrected chi connectivity index (χ3v) is 2.25. The molecule has 0 fully saturated rings. The van der Waals surface area contributed by atoms with E-state index in [-0.39, 0.29) is 5.54 Å². The number of hydrogen-bond acceptors (Lipinski definition) is 3. The van der Waals surface area contributed by atoms with E-state index in [0.29, 0.717) is 19.8 Å². The molecule has 3 heteroatoms. The van der Waals surface area contributed by atoms with Crippen molar-refractivity contribution >= 4 is 0 Å². The van der Waals surface area contributed by atoms with Crippen LogP contribution in [-0.2, 0) is 9.47 Å². The van der Waals surface area contributed by atoms with E-state index in [0.717, 1.165) is 19.4 Å². The van der Waals surface area contributed by atoms with E-state index in [1.165, 1.54) is 6.42 Å².